The molecule has 1 aromatic carbocycles. The second-order valence-corrected chi connectivity index (χ2v) is 6.81. The normalized spacial score (nSPS) is 28.7. The van der Waals surface area contributed by atoms with E-state index in [2.05, 4.69) is 0 Å². The molecule has 5 nitrogen and oxygen atoms in total. The number of thioether (sulfide) groups is 1. The smallest absolute Gasteiger partial charge is 0.340 e. The number of ether oxygens (including phenoxy) is 2. The molecule has 21 heavy (non-hydrogen) atoms. The minimum Gasteiger partial charge on any atom is -0.459 e. The molecule has 0 saturated carbocycles. The second-order valence-electron chi connectivity index (χ2n) is 5.70. The lowest BCUT2D eigenvalue weighted by atomic mass is 9.91. The molecule has 114 valence electrons. The predicted molar refractivity (Wildman–Crippen MR) is 84.3 cm³/mol. The first-order valence-electron chi connectivity index (χ1n) is 7.16. The van der Waals surface area contributed by atoms with Crippen LogP contribution in [0, 0.1) is 0 Å². The van der Waals surface area contributed by atoms with Gasteiger partial charge in [-0.3, -0.25) is 0 Å². The van der Waals surface area contributed by atoms with Crippen LogP contribution in [-0.2, 0) is 9.47 Å². The summed E-state index contributed by atoms with van der Waals surface area (Å²) < 4.78 is 11.6. The molecule has 0 amide bonds. The topological polar surface area (TPSA) is 87.6 Å². The Morgan fingerprint density at radius 1 is 1.43 bits per heavy atom. The SMILES string of the molecule is Nc1ccc(C(=O)OC2CCOC3(CCSC3)C2)c(N)c1. The molecule has 1 aromatic rings. The molecule has 2 saturated heterocycles. The molecule has 0 bridgehead atoms. The average Bonchev–Trinajstić information content (AvgIpc) is 2.86. The van der Waals surface area contributed by atoms with Crippen molar-refractivity contribution in [3.8, 4) is 0 Å². The van der Waals surface area contributed by atoms with Crippen molar-refractivity contribution in [1.82, 2.24) is 0 Å². The quantitative estimate of drug-likeness (QED) is 0.642. The van der Waals surface area contributed by atoms with Crippen molar-refractivity contribution in [1.29, 1.82) is 0 Å². The Balaban J connectivity index is 1.67. The zero-order valence-corrected chi connectivity index (χ0v) is 12.7. The summed E-state index contributed by atoms with van der Waals surface area (Å²) in [6.07, 6.45) is 2.46. The number of carbonyl (C=O) groups is 1. The molecule has 1 spiro atoms. The highest BCUT2D eigenvalue weighted by atomic mass is 32.2. The lowest BCUT2D eigenvalue weighted by Gasteiger charge is -2.37. The molecule has 0 aromatic heterocycles. The van der Waals surface area contributed by atoms with Crippen LogP contribution in [0.1, 0.15) is 29.6 Å². The van der Waals surface area contributed by atoms with E-state index in [1.54, 1.807) is 18.2 Å². The van der Waals surface area contributed by atoms with Crippen LogP contribution in [0.3, 0.4) is 0 Å². The van der Waals surface area contributed by atoms with Crippen molar-refractivity contribution in [2.24, 2.45) is 0 Å². The summed E-state index contributed by atoms with van der Waals surface area (Å²) in [6.45, 7) is 0.649. The van der Waals surface area contributed by atoms with E-state index in [9.17, 15) is 4.79 Å². The minimum atomic E-state index is -0.375. The summed E-state index contributed by atoms with van der Waals surface area (Å²) in [5, 5.41) is 0. The fraction of sp³-hybridized carbons (Fsp3) is 0.533. The molecule has 2 aliphatic rings. The molecule has 0 radical (unpaired) electrons. The summed E-state index contributed by atoms with van der Waals surface area (Å²) in [6, 6.07) is 4.86. The van der Waals surface area contributed by atoms with E-state index >= 15 is 0 Å². The van der Waals surface area contributed by atoms with Crippen LogP contribution in [0.5, 0.6) is 0 Å². The van der Waals surface area contributed by atoms with Gasteiger partial charge in [-0.25, -0.2) is 4.79 Å². The molecule has 0 aliphatic carbocycles. The Labute approximate surface area is 128 Å². The monoisotopic (exact) mass is 308 g/mol. The lowest BCUT2D eigenvalue weighted by Crippen LogP contribution is -2.43. The number of anilines is 2. The van der Waals surface area contributed by atoms with Gasteiger partial charge in [0.15, 0.2) is 0 Å². The van der Waals surface area contributed by atoms with Crippen molar-refractivity contribution >= 4 is 29.1 Å². The van der Waals surface area contributed by atoms with Crippen LogP contribution in [-0.4, -0.2) is 35.8 Å². The number of nitrogen functional groups attached to an aromatic ring is 2. The summed E-state index contributed by atoms with van der Waals surface area (Å²) in [5.74, 6) is 1.73. The molecule has 3 rings (SSSR count). The molecule has 2 aliphatic heterocycles. The highest BCUT2D eigenvalue weighted by molar-refractivity contribution is 7.99. The molecular weight excluding hydrogens is 288 g/mol. The van der Waals surface area contributed by atoms with Crippen molar-refractivity contribution in [3.63, 3.8) is 0 Å². The zero-order valence-electron chi connectivity index (χ0n) is 11.8. The summed E-state index contributed by atoms with van der Waals surface area (Å²) in [4.78, 5) is 12.3. The Morgan fingerprint density at radius 2 is 2.29 bits per heavy atom. The summed E-state index contributed by atoms with van der Waals surface area (Å²) in [7, 11) is 0. The first kappa shape index (κ1) is 14.5. The Kier molecular flexibility index (Phi) is 3.99. The van der Waals surface area contributed by atoms with Crippen LogP contribution in [0.15, 0.2) is 18.2 Å². The average molecular weight is 308 g/mol. The zero-order chi connectivity index (χ0) is 14.9. The molecule has 6 heteroatoms. The van der Waals surface area contributed by atoms with Gasteiger partial charge in [-0.05, 0) is 30.4 Å². The number of nitrogens with two attached hydrogens (primary N) is 2. The van der Waals surface area contributed by atoms with Crippen molar-refractivity contribution < 1.29 is 14.3 Å². The van der Waals surface area contributed by atoms with E-state index in [1.807, 2.05) is 11.8 Å². The minimum absolute atomic E-state index is 0.0955. The van der Waals surface area contributed by atoms with E-state index in [1.165, 1.54) is 0 Å². The van der Waals surface area contributed by atoms with Crippen LogP contribution < -0.4 is 11.5 Å². The maximum atomic E-state index is 12.3. The number of hydrogen-bond acceptors (Lipinski definition) is 6. The largest absolute Gasteiger partial charge is 0.459 e. The second kappa shape index (κ2) is 5.77. The van der Waals surface area contributed by atoms with E-state index < -0.39 is 0 Å². The number of hydrogen-bond donors (Lipinski definition) is 2. The Bertz CT molecular complexity index is 544. The van der Waals surface area contributed by atoms with Gasteiger partial charge in [-0.15, -0.1) is 0 Å². The Hall–Kier alpha value is -1.40. The van der Waals surface area contributed by atoms with Crippen molar-refractivity contribution in [2.45, 2.75) is 31.0 Å². The van der Waals surface area contributed by atoms with Crippen molar-refractivity contribution in [2.75, 3.05) is 29.6 Å². The van der Waals surface area contributed by atoms with Gasteiger partial charge in [0.05, 0.1) is 17.8 Å². The van der Waals surface area contributed by atoms with Gasteiger partial charge in [0.1, 0.15) is 6.10 Å². The van der Waals surface area contributed by atoms with Gasteiger partial charge < -0.3 is 20.9 Å². The first-order valence-corrected chi connectivity index (χ1v) is 8.31. The lowest BCUT2D eigenvalue weighted by molar-refractivity contribution is -0.106. The molecule has 2 fully saturated rings. The third-order valence-electron chi connectivity index (χ3n) is 4.08. The third-order valence-corrected chi connectivity index (χ3v) is 5.31. The summed E-state index contributed by atoms with van der Waals surface area (Å²) in [5.41, 5.74) is 12.7. The number of rotatable bonds is 2. The molecular formula is C15H20N2O3S. The summed E-state index contributed by atoms with van der Waals surface area (Å²) >= 11 is 1.90. The standard InChI is InChI=1S/C15H20N2O3S/c16-10-1-2-12(13(17)7-10)14(18)20-11-3-5-19-15(8-11)4-6-21-9-15/h1-2,7,11H,3-6,8-9,16-17H2. The van der Waals surface area contributed by atoms with E-state index in [0.29, 0.717) is 23.5 Å². The number of carbonyl (C=O) groups excluding carboxylic acids is 1. The van der Waals surface area contributed by atoms with Gasteiger partial charge in [0.2, 0.25) is 0 Å². The van der Waals surface area contributed by atoms with E-state index in [0.717, 1.165) is 30.8 Å². The van der Waals surface area contributed by atoms with E-state index in [-0.39, 0.29) is 17.7 Å². The van der Waals surface area contributed by atoms with E-state index in [4.69, 9.17) is 20.9 Å². The predicted octanol–water partition coefficient (Wildman–Crippen LogP) is 2.06. The highest BCUT2D eigenvalue weighted by Gasteiger charge is 2.41. The molecule has 2 unspecified atom stereocenters. The molecule has 2 atom stereocenters. The maximum absolute atomic E-state index is 12.3. The van der Waals surface area contributed by atoms with Crippen LogP contribution in [0.2, 0.25) is 0 Å². The highest BCUT2D eigenvalue weighted by Crippen LogP contribution is 2.39. The fourth-order valence-corrected chi connectivity index (χ4v) is 4.31. The van der Waals surface area contributed by atoms with Crippen LogP contribution in [0.4, 0.5) is 11.4 Å². The van der Waals surface area contributed by atoms with Gasteiger partial charge in [-0.1, -0.05) is 0 Å². The van der Waals surface area contributed by atoms with Gasteiger partial charge in [-0.2, -0.15) is 11.8 Å². The molecule has 2 heterocycles. The third kappa shape index (κ3) is 3.11. The molecule has 4 N–H and O–H groups in total. The van der Waals surface area contributed by atoms with Crippen molar-refractivity contribution in [3.05, 3.63) is 23.8 Å². The van der Waals surface area contributed by atoms with Gasteiger partial charge >= 0.3 is 5.97 Å². The Morgan fingerprint density at radius 3 is 3.00 bits per heavy atom. The van der Waals surface area contributed by atoms with Gasteiger partial charge in [0, 0.05) is 30.0 Å². The number of esters is 1. The fourth-order valence-electron chi connectivity index (χ4n) is 2.93. The number of benzene rings is 1. The first-order chi connectivity index (χ1) is 10.1. The van der Waals surface area contributed by atoms with Gasteiger partial charge in [0.25, 0.3) is 0 Å². The van der Waals surface area contributed by atoms with Crippen LogP contribution >= 0.6 is 11.8 Å². The maximum Gasteiger partial charge on any atom is 0.340 e. The van der Waals surface area contributed by atoms with Crippen LogP contribution in [0.25, 0.3) is 0 Å².